The fourth-order valence-corrected chi connectivity index (χ4v) is 2.07. The highest BCUT2D eigenvalue weighted by atomic mass is 79.9. The van der Waals surface area contributed by atoms with Crippen LogP contribution in [0.25, 0.3) is 0 Å². The quantitative estimate of drug-likeness (QED) is 0.672. The molecule has 0 saturated heterocycles. The summed E-state index contributed by atoms with van der Waals surface area (Å²) in [6.45, 7) is 0. The highest BCUT2D eigenvalue weighted by Crippen LogP contribution is 2.28. The van der Waals surface area contributed by atoms with Gasteiger partial charge in [-0.25, -0.2) is 9.97 Å². The molecule has 0 radical (unpaired) electrons. The van der Waals surface area contributed by atoms with Crippen LogP contribution in [0.1, 0.15) is 18.4 Å². The van der Waals surface area contributed by atoms with Crippen molar-refractivity contribution >= 4 is 37.7 Å². The van der Waals surface area contributed by atoms with Crippen molar-refractivity contribution in [1.29, 1.82) is 5.26 Å². The molecule has 14 heavy (non-hydrogen) atoms. The zero-order chi connectivity index (χ0) is 10.1. The minimum absolute atomic E-state index is 0.458. The molecule has 1 saturated carbocycles. The van der Waals surface area contributed by atoms with Gasteiger partial charge in [0.15, 0.2) is 4.73 Å². The van der Waals surface area contributed by atoms with E-state index >= 15 is 0 Å². The molecule has 4 nitrogen and oxygen atoms in total. The molecule has 0 aliphatic heterocycles. The number of hydrogen-bond acceptors (Lipinski definition) is 4. The van der Waals surface area contributed by atoms with Crippen molar-refractivity contribution in [2.45, 2.75) is 18.9 Å². The lowest BCUT2D eigenvalue weighted by molar-refractivity contribution is 1.03. The van der Waals surface area contributed by atoms with Gasteiger partial charge in [0.25, 0.3) is 0 Å². The highest BCUT2D eigenvalue weighted by Gasteiger charge is 2.23. The molecule has 6 heteroatoms. The minimum Gasteiger partial charge on any atom is -0.366 e. The molecule has 0 atom stereocenters. The lowest BCUT2D eigenvalue weighted by Crippen LogP contribution is -2.07. The number of nitrogens with one attached hydrogen (secondary N) is 1. The number of hydrogen-bond donors (Lipinski definition) is 1. The summed E-state index contributed by atoms with van der Waals surface area (Å²) in [7, 11) is 0. The Labute approximate surface area is 98.0 Å². The topological polar surface area (TPSA) is 61.6 Å². The average molecular weight is 318 g/mol. The SMILES string of the molecule is N#Cc1c(Br)nc(Br)nc1NC1CC1. The highest BCUT2D eigenvalue weighted by molar-refractivity contribution is 9.11. The lowest BCUT2D eigenvalue weighted by Gasteiger charge is -2.06. The normalized spacial score (nSPS) is 14.9. The van der Waals surface area contributed by atoms with Crippen LogP contribution < -0.4 is 5.32 Å². The Morgan fingerprint density at radius 1 is 1.36 bits per heavy atom. The van der Waals surface area contributed by atoms with Crippen LogP contribution >= 0.6 is 31.9 Å². The molecule has 0 aromatic carbocycles. The summed E-state index contributed by atoms with van der Waals surface area (Å²) >= 11 is 6.41. The fourth-order valence-electron chi connectivity index (χ4n) is 1.03. The summed E-state index contributed by atoms with van der Waals surface area (Å²) in [5.41, 5.74) is 0.458. The van der Waals surface area contributed by atoms with Crippen LogP contribution in [-0.2, 0) is 0 Å². The summed E-state index contributed by atoms with van der Waals surface area (Å²) in [6.07, 6.45) is 2.29. The second kappa shape index (κ2) is 3.83. The number of nitrogens with zero attached hydrogens (tertiary/aromatic N) is 3. The Balaban J connectivity index is 2.39. The number of nitriles is 1. The first-order valence-electron chi connectivity index (χ1n) is 4.10. The van der Waals surface area contributed by atoms with Crippen LogP contribution in [0.5, 0.6) is 0 Å². The Hall–Kier alpha value is -0.670. The largest absolute Gasteiger partial charge is 0.366 e. The van der Waals surface area contributed by atoms with Gasteiger partial charge in [0.1, 0.15) is 22.1 Å². The standard InChI is InChI=1S/C8H6Br2N4/c9-6-5(3-11)7(12-4-1-2-4)14-8(10)13-6/h4H,1-2H2,(H,12,13,14). The van der Waals surface area contributed by atoms with Gasteiger partial charge in [-0.3, -0.25) is 0 Å². The van der Waals surface area contributed by atoms with Crippen LogP contribution in [0.3, 0.4) is 0 Å². The van der Waals surface area contributed by atoms with E-state index in [4.69, 9.17) is 5.26 Å². The Bertz CT molecular complexity index is 409. The molecular weight excluding hydrogens is 312 g/mol. The van der Waals surface area contributed by atoms with Crippen LogP contribution in [0.2, 0.25) is 0 Å². The first-order chi connectivity index (χ1) is 6.70. The summed E-state index contributed by atoms with van der Waals surface area (Å²) < 4.78 is 0.997. The van der Waals surface area contributed by atoms with E-state index in [-0.39, 0.29) is 0 Å². The molecule has 0 bridgehead atoms. The van der Waals surface area contributed by atoms with Crippen molar-refractivity contribution in [2.24, 2.45) is 0 Å². The zero-order valence-electron chi connectivity index (χ0n) is 7.09. The van der Waals surface area contributed by atoms with Gasteiger partial charge in [0.05, 0.1) is 0 Å². The molecular formula is C8H6Br2N4. The molecule has 0 spiro atoms. The van der Waals surface area contributed by atoms with E-state index in [2.05, 4.69) is 53.2 Å². The number of anilines is 1. The van der Waals surface area contributed by atoms with Crippen molar-refractivity contribution in [3.63, 3.8) is 0 Å². The maximum atomic E-state index is 8.91. The fraction of sp³-hybridized carbons (Fsp3) is 0.375. The molecule has 1 N–H and O–H groups in total. The van der Waals surface area contributed by atoms with E-state index in [0.29, 0.717) is 26.8 Å². The third-order valence-electron chi connectivity index (χ3n) is 1.87. The second-order valence-corrected chi connectivity index (χ2v) is 4.50. The third-order valence-corrected chi connectivity index (χ3v) is 2.80. The van der Waals surface area contributed by atoms with E-state index in [9.17, 15) is 0 Å². The summed E-state index contributed by atoms with van der Waals surface area (Å²) in [5, 5.41) is 12.1. The summed E-state index contributed by atoms with van der Waals surface area (Å²) in [6, 6.07) is 2.54. The van der Waals surface area contributed by atoms with Gasteiger partial charge in [0.2, 0.25) is 0 Å². The molecule has 2 rings (SSSR count). The molecule has 72 valence electrons. The molecule has 0 unspecified atom stereocenters. The predicted octanol–water partition coefficient (Wildman–Crippen LogP) is 2.45. The summed E-state index contributed by atoms with van der Waals surface area (Å²) in [5.74, 6) is 0.601. The second-order valence-electron chi connectivity index (χ2n) is 3.04. The van der Waals surface area contributed by atoms with Crippen molar-refractivity contribution < 1.29 is 0 Å². The Morgan fingerprint density at radius 3 is 2.64 bits per heavy atom. The van der Waals surface area contributed by atoms with Crippen molar-refractivity contribution in [1.82, 2.24) is 9.97 Å². The van der Waals surface area contributed by atoms with E-state index in [1.54, 1.807) is 0 Å². The Kier molecular flexibility index (Phi) is 2.70. The van der Waals surface area contributed by atoms with E-state index in [0.717, 1.165) is 12.8 Å². The van der Waals surface area contributed by atoms with Gasteiger partial charge < -0.3 is 5.32 Å². The van der Waals surface area contributed by atoms with Gasteiger partial charge in [0, 0.05) is 6.04 Å². The smallest absolute Gasteiger partial charge is 0.199 e. The van der Waals surface area contributed by atoms with E-state index < -0.39 is 0 Å². The van der Waals surface area contributed by atoms with Crippen LogP contribution in [0.4, 0.5) is 5.82 Å². The number of halogens is 2. The monoisotopic (exact) mass is 316 g/mol. The molecule has 1 fully saturated rings. The minimum atomic E-state index is 0.458. The van der Waals surface area contributed by atoms with Gasteiger partial charge in [-0.05, 0) is 44.7 Å². The molecule has 1 aliphatic carbocycles. The number of aromatic nitrogens is 2. The lowest BCUT2D eigenvalue weighted by atomic mass is 10.3. The van der Waals surface area contributed by atoms with Gasteiger partial charge in [-0.15, -0.1) is 0 Å². The first-order valence-corrected chi connectivity index (χ1v) is 5.69. The van der Waals surface area contributed by atoms with Crippen LogP contribution in [-0.4, -0.2) is 16.0 Å². The predicted molar refractivity (Wildman–Crippen MR) is 58.8 cm³/mol. The molecule has 1 aromatic rings. The zero-order valence-corrected chi connectivity index (χ0v) is 10.3. The first kappa shape index (κ1) is 9.87. The molecule has 0 amide bonds. The van der Waals surface area contributed by atoms with Gasteiger partial charge in [-0.2, -0.15) is 5.26 Å². The van der Waals surface area contributed by atoms with Crippen molar-refractivity contribution in [2.75, 3.05) is 5.32 Å². The Morgan fingerprint density at radius 2 is 2.07 bits per heavy atom. The van der Waals surface area contributed by atoms with Crippen LogP contribution in [0, 0.1) is 11.3 Å². The van der Waals surface area contributed by atoms with E-state index in [1.807, 2.05) is 0 Å². The average Bonchev–Trinajstić information content (AvgIpc) is 2.87. The molecule has 1 aliphatic rings. The maximum absolute atomic E-state index is 8.91. The summed E-state index contributed by atoms with van der Waals surface area (Å²) in [4.78, 5) is 8.12. The van der Waals surface area contributed by atoms with Crippen molar-refractivity contribution in [3.8, 4) is 6.07 Å². The van der Waals surface area contributed by atoms with Gasteiger partial charge >= 0.3 is 0 Å². The van der Waals surface area contributed by atoms with Crippen LogP contribution in [0.15, 0.2) is 9.34 Å². The third kappa shape index (κ3) is 2.04. The van der Waals surface area contributed by atoms with E-state index in [1.165, 1.54) is 0 Å². The molecule has 1 heterocycles. The maximum Gasteiger partial charge on any atom is 0.199 e. The molecule has 1 aromatic heterocycles. The number of rotatable bonds is 2. The van der Waals surface area contributed by atoms with Gasteiger partial charge in [-0.1, -0.05) is 0 Å². The van der Waals surface area contributed by atoms with Crippen molar-refractivity contribution in [3.05, 3.63) is 14.9 Å².